The van der Waals surface area contributed by atoms with E-state index in [9.17, 15) is 4.79 Å². The summed E-state index contributed by atoms with van der Waals surface area (Å²) in [5.74, 6) is 0.447. The monoisotopic (exact) mass is 338 g/mol. The van der Waals surface area contributed by atoms with Crippen molar-refractivity contribution in [2.45, 2.75) is 20.0 Å². The normalized spacial score (nSPS) is 11.8. The summed E-state index contributed by atoms with van der Waals surface area (Å²) in [6.07, 6.45) is -0.598. The number of hydrogen-bond acceptors (Lipinski definition) is 4. The lowest BCUT2D eigenvalue weighted by Gasteiger charge is -2.13. The molecule has 0 bridgehead atoms. The lowest BCUT2D eigenvalue weighted by atomic mass is 10.1. The summed E-state index contributed by atoms with van der Waals surface area (Å²) < 4.78 is 5.62. The van der Waals surface area contributed by atoms with Crippen LogP contribution in [0.1, 0.15) is 12.5 Å². The molecule has 3 rings (SSSR count). The van der Waals surface area contributed by atoms with Crippen molar-refractivity contribution in [3.8, 4) is 17.0 Å². The second-order valence-corrected chi connectivity index (χ2v) is 6.32. The van der Waals surface area contributed by atoms with Crippen LogP contribution < -0.4 is 10.1 Å². The molecule has 1 N–H and O–H groups in total. The van der Waals surface area contributed by atoms with Gasteiger partial charge >= 0.3 is 0 Å². The van der Waals surface area contributed by atoms with Crippen LogP contribution in [0.4, 0.5) is 5.13 Å². The first-order valence-electron chi connectivity index (χ1n) is 7.67. The molecule has 0 aliphatic rings. The fourth-order valence-corrected chi connectivity index (χ4v) is 2.87. The van der Waals surface area contributed by atoms with Gasteiger partial charge in [0.15, 0.2) is 11.2 Å². The highest BCUT2D eigenvalue weighted by Crippen LogP contribution is 2.25. The summed E-state index contributed by atoms with van der Waals surface area (Å²) in [5.41, 5.74) is 3.09. The number of amides is 1. The van der Waals surface area contributed by atoms with Gasteiger partial charge in [0, 0.05) is 10.9 Å². The lowest BCUT2D eigenvalue weighted by molar-refractivity contribution is -0.122. The number of nitrogens with one attached hydrogen (secondary N) is 1. The minimum Gasteiger partial charge on any atom is -0.481 e. The summed E-state index contributed by atoms with van der Waals surface area (Å²) in [6.45, 7) is 3.77. The predicted molar refractivity (Wildman–Crippen MR) is 97.4 cm³/mol. The maximum atomic E-state index is 12.2. The maximum Gasteiger partial charge on any atom is 0.266 e. The summed E-state index contributed by atoms with van der Waals surface area (Å²) in [5, 5.41) is 5.31. The molecule has 0 radical (unpaired) electrons. The van der Waals surface area contributed by atoms with E-state index in [2.05, 4.69) is 10.3 Å². The van der Waals surface area contributed by atoms with Crippen molar-refractivity contribution in [1.82, 2.24) is 4.98 Å². The third-order valence-corrected chi connectivity index (χ3v) is 4.26. The molecule has 5 heteroatoms. The molecule has 4 nitrogen and oxygen atoms in total. The van der Waals surface area contributed by atoms with E-state index in [1.807, 2.05) is 66.9 Å². The standard InChI is InChI=1S/C19H18N2O2S/c1-13-8-10-15(11-9-13)17-12-24-19(20-17)21-18(22)14(2)23-16-6-4-3-5-7-16/h3-12,14H,1-2H3,(H,20,21,22)/t14-/m1/s1. The molecular weight excluding hydrogens is 320 g/mol. The van der Waals surface area contributed by atoms with E-state index in [4.69, 9.17) is 4.74 Å². The van der Waals surface area contributed by atoms with Gasteiger partial charge in [0.1, 0.15) is 5.75 Å². The molecule has 0 aliphatic heterocycles. The van der Waals surface area contributed by atoms with Gasteiger partial charge in [-0.2, -0.15) is 0 Å². The minimum atomic E-state index is -0.598. The Morgan fingerprint density at radius 2 is 1.83 bits per heavy atom. The number of benzene rings is 2. The number of ether oxygens (including phenoxy) is 1. The molecule has 1 aromatic heterocycles. The molecule has 3 aromatic rings. The van der Waals surface area contributed by atoms with Crippen molar-refractivity contribution in [2.75, 3.05) is 5.32 Å². The number of rotatable bonds is 5. The van der Waals surface area contributed by atoms with Crippen molar-refractivity contribution < 1.29 is 9.53 Å². The predicted octanol–water partition coefficient (Wildman–Crippen LogP) is 4.52. The van der Waals surface area contributed by atoms with E-state index in [0.717, 1.165) is 11.3 Å². The Labute approximate surface area is 145 Å². The highest BCUT2D eigenvalue weighted by Gasteiger charge is 2.16. The number of nitrogens with zero attached hydrogens (tertiary/aromatic N) is 1. The van der Waals surface area contributed by atoms with Crippen LogP contribution in [0.25, 0.3) is 11.3 Å². The van der Waals surface area contributed by atoms with Gasteiger partial charge in [-0.15, -0.1) is 11.3 Å². The highest BCUT2D eigenvalue weighted by atomic mass is 32.1. The van der Waals surface area contributed by atoms with E-state index < -0.39 is 6.10 Å². The number of carbonyl (C=O) groups excluding carboxylic acids is 1. The van der Waals surface area contributed by atoms with Crippen molar-refractivity contribution in [3.05, 3.63) is 65.5 Å². The second-order valence-electron chi connectivity index (χ2n) is 5.47. The Kier molecular flexibility index (Phi) is 4.91. The number of carbonyl (C=O) groups is 1. The minimum absolute atomic E-state index is 0.219. The van der Waals surface area contributed by atoms with Crippen molar-refractivity contribution >= 4 is 22.4 Å². The van der Waals surface area contributed by atoms with Gasteiger partial charge in [0.05, 0.1) is 5.69 Å². The van der Waals surface area contributed by atoms with Crippen molar-refractivity contribution in [2.24, 2.45) is 0 Å². The maximum absolute atomic E-state index is 12.2. The Hall–Kier alpha value is -2.66. The van der Waals surface area contributed by atoms with E-state index in [-0.39, 0.29) is 5.91 Å². The molecule has 1 atom stereocenters. The Morgan fingerprint density at radius 1 is 1.12 bits per heavy atom. The largest absolute Gasteiger partial charge is 0.481 e. The zero-order valence-corrected chi connectivity index (χ0v) is 14.3. The third-order valence-electron chi connectivity index (χ3n) is 3.51. The highest BCUT2D eigenvalue weighted by molar-refractivity contribution is 7.14. The summed E-state index contributed by atoms with van der Waals surface area (Å²) in [6, 6.07) is 17.4. The van der Waals surface area contributed by atoms with Crippen LogP contribution in [0, 0.1) is 6.92 Å². The number of hydrogen-bond donors (Lipinski definition) is 1. The van der Waals surface area contributed by atoms with E-state index in [1.54, 1.807) is 6.92 Å². The SMILES string of the molecule is Cc1ccc(-c2csc(NC(=O)[C@@H](C)Oc3ccccc3)n2)cc1. The van der Waals surface area contributed by atoms with Crippen LogP contribution in [0.2, 0.25) is 0 Å². The Balaban J connectivity index is 1.63. The average Bonchev–Trinajstić information content (AvgIpc) is 3.05. The molecule has 1 amide bonds. The molecule has 0 saturated carbocycles. The van der Waals surface area contributed by atoms with E-state index >= 15 is 0 Å². The van der Waals surface area contributed by atoms with Crippen LogP contribution in [0.5, 0.6) is 5.75 Å². The quantitative estimate of drug-likeness (QED) is 0.744. The summed E-state index contributed by atoms with van der Waals surface area (Å²) >= 11 is 1.40. The number of aromatic nitrogens is 1. The number of anilines is 1. The smallest absolute Gasteiger partial charge is 0.266 e. The van der Waals surface area contributed by atoms with Crippen molar-refractivity contribution in [3.63, 3.8) is 0 Å². The molecule has 0 spiro atoms. The van der Waals surface area contributed by atoms with Gasteiger partial charge < -0.3 is 4.74 Å². The van der Waals surface area contributed by atoms with Crippen LogP contribution >= 0.6 is 11.3 Å². The molecule has 24 heavy (non-hydrogen) atoms. The fraction of sp³-hybridized carbons (Fsp3) is 0.158. The lowest BCUT2D eigenvalue weighted by Crippen LogP contribution is -2.30. The first kappa shape index (κ1) is 16.2. The van der Waals surface area contributed by atoms with E-state index in [1.165, 1.54) is 16.9 Å². The molecule has 122 valence electrons. The molecule has 2 aromatic carbocycles. The molecule has 1 heterocycles. The van der Waals surface area contributed by atoms with Crippen LogP contribution in [0.15, 0.2) is 60.0 Å². The number of para-hydroxylation sites is 1. The number of thiazole rings is 1. The Morgan fingerprint density at radius 3 is 2.54 bits per heavy atom. The van der Waals surface area contributed by atoms with Gasteiger partial charge in [-0.25, -0.2) is 4.98 Å². The fourth-order valence-electron chi connectivity index (χ4n) is 2.15. The van der Waals surface area contributed by atoms with Crippen molar-refractivity contribution in [1.29, 1.82) is 0 Å². The Bertz CT molecular complexity index is 813. The first-order chi connectivity index (χ1) is 11.6. The zero-order valence-electron chi connectivity index (χ0n) is 13.5. The molecule has 0 unspecified atom stereocenters. The molecule has 0 fully saturated rings. The van der Waals surface area contributed by atoms with Gasteiger partial charge in [-0.1, -0.05) is 48.0 Å². The average molecular weight is 338 g/mol. The topological polar surface area (TPSA) is 51.2 Å². The van der Waals surface area contributed by atoms with Crippen LogP contribution in [-0.4, -0.2) is 17.0 Å². The zero-order chi connectivity index (χ0) is 16.9. The number of aryl methyl sites for hydroxylation is 1. The van der Waals surface area contributed by atoms with Gasteiger partial charge in [-0.3, -0.25) is 10.1 Å². The van der Waals surface area contributed by atoms with Gasteiger partial charge in [0.25, 0.3) is 5.91 Å². The summed E-state index contributed by atoms with van der Waals surface area (Å²) in [4.78, 5) is 16.7. The van der Waals surface area contributed by atoms with Crippen LogP contribution in [-0.2, 0) is 4.79 Å². The third kappa shape index (κ3) is 4.00. The van der Waals surface area contributed by atoms with Crippen LogP contribution in [0.3, 0.4) is 0 Å². The van der Waals surface area contributed by atoms with Gasteiger partial charge in [0.2, 0.25) is 0 Å². The first-order valence-corrected chi connectivity index (χ1v) is 8.55. The summed E-state index contributed by atoms with van der Waals surface area (Å²) in [7, 11) is 0. The molecule has 0 saturated heterocycles. The molecular formula is C19H18N2O2S. The van der Waals surface area contributed by atoms with E-state index in [0.29, 0.717) is 10.9 Å². The second kappa shape index (κ2) is 7.27. The van der Waals surface area contributed by atoms with Gasteiger partial charge in [-0.05, 0) is 26.0 Å². The molecule has 0 aliphatic carbocycles.